The highest BCUT2D eigenvalue weighted by molar-refractivity contribution is 6.09. The number of anilines is 1. The van der Waals surface area contributed by atoms with E-state index in [4.69, 9.17) is 4.74 Å². The molecule has 2 bridgehead atoms. The molecule has 5 atom stereocenters. The van der Waals surface area contributed by atoms with Crippen molar-refractivity contribution in [1.82, 2.24) is 0 Å². The summed E-state index contributed by atoms with van der Waals surface area (Å²) in [6.45, 7) is 5.88. The number of ether oxygens (including phenoxy) is 1. The topological polar surface area (TPSA) is 58.6 Å². The van der Waals surface area contributed by atoms with Gasteiger partial charge in [-0.15, -0.1) is 0 Å². The maximum Gasteiger partial charge on any atom is 0.425 e. The first-order valence-corrected chi connectivity index (χ1v) is 13.3. The lowest BCUT2D eigenvalue weighted by atomic mass is 9.51. The number of likely N-dealkylation sites (N-methyl/N-ethyl adjacent to an activating group) is 1. The minimum Gasteiger partial charge on any atom is -0.506 e. The molecule has 2 aliphatic heterocycles. The molecule has 1 unspecified atom stereocenters. The number of nitrogens with zero attached hydrogens (tertiary/aromatic N) is 1. The summed E-state index contributed by atoms with van der Waals surface area (Å²) in [5, 5.41) is 12.9. The number of aliphatic hydroxyl groups excluding tert-OH is 1. The number of carbonyl (C=O) groups is 1. The molecule has 6 rings (SSSR count). The van der Waals surface area contributed by atoms with E-state index in [9.17, 15) is 23.1 Å². The van der Waals surface area contributed by atoms with Crippen molar-refractivity contribution < 1.29 is 32.3 Å². The number of aliphatic hydroxyl groups is 1. The summed E-state index contributed by atoms with van der Waals surface area (Å²) in [6, 6.07) is 11.3. The first kappa shape index (κ1) is 25.0. The maximum absolute atomic E-state index is 14.0. The number of amides is 1. The summed E-state index contributed by atoms with van der Waals surface area (Å²) < 4.78 is 49.6. The molecular formula is C30H32F3N2O3+. The highest BCUT2D eigenvalue weighted by atomic mass is 19.4. The SMILES string of the molecule is C=CC[N+]1(C)CC[C@]23c4c5ccc(NC(=O)C(=C(O)c6ccccc6)C(F)(F)F)c4O[C@H]2CCC[C@H]3[C@H]1C5. The van der Waals surface area contributed by atoms with Gasteiger partial charge in [-0.1, -0.05) is 43.0 Å². The van der Waals surface area contributed by atoms with Gasteiger partial charge < -0.3 is 19.6 Å². The van der Waals surface area contributed by atoms with E-state index in [-0.39, 0.29) is 22.8 Å². The number of quaternary nitrogens is 1. The number of rotatable bonds is 5. The van der Waals surface area contributed by atoms with Crippen molar-refractivity contribution in [1.29, 1.82) is 0 Å². The van der Waals surface area contributed by atoms with Crippen LogP contribution in [0.15, 0.2) is 60.7 Å². The molecule has 1 saturated heterocycles. The second-order valence-corrected chi connectivity index (χ2v) is 11.4. The quantitative estimate of drug-likeness (QED) is 0.221. The molecule has 200 valence electrons. The van der Waals surface area contributed by atoms with E-state index in [1.165, 1.54) is 24.3 Å². The van der Waals surface area contributed by atoms with Crippen LogP contribution in [0.4, 0.5) is 18.9 Å². The Morgan fingerprint density at radius 3 is 2.71 bits per heavy atom. The molecule has 0 radical (unpaired) electrons. The second-order valence-electron chi connectivity index (χ2n) is 11.4. The summed E-state index contributed by atoms with van der Waals surface area (Å²) in [5.41, 5.74) is 0.580. The predicted molar refractivity (Wildman–Crippen MR) is 139 cm³/mol. The van der Waals surface area contributed by atoms with Crippen LogP contribution in [0.2, 0.25) is 0 Å². The lowest BCUT2D eigenvalue weighted by Gasteiger charge is -2.60. The predicted octanol–water partition coefficient (Wildman–Crippen LogP) is 5.92. The van der Waals surface area contributed by atoms with Crippen LogP contribution in [0.3, 0.4) is 0 Å². The van der Waals surface area contributed by atoms with Crippen LogP contribution < -0.4 is 10.1 Å². The minimum atomic E-state index is -5.05. The van der Waals surface area contributed by atoms with Crippen LogP contribution in [-0.4, -0.2) is 54.0 Å². The van der Waals surface area contributed by atoms with E-state index in [0.29, 0.717) is 17.7 Å². The summed E-state index contributed by atoms with van der Waals surface area (Å²) in [5.74, 6) is -1.60. The van der Waals surface area contributed by atoms with Gasteiger partial charge in [0.2, 0.25) is 0 Å². The number of halogens is 3. The summed E-state index contributed by atoms with van der Waals surface area (Å²) in [7, 11) is 2.31. The Morgan fingerprint density at radius 1 is 1.24 bits per heavy atom. The van der Waals surface area contributed by atoms with Crippen LogP contribution in [0, 0.1) is 5.92 Å². The molecular weight excluding hydrogens is 493 g/mol. The van der Waals surface area contributed by atoms with Gasteiger partial charge in [0.15, 0.2) is 5.57 Å². The molecule has 5 nitrogen and oxygen atoms in total. The molecule has 1 spiro atoms. The second kappa shape index (κ2) is 8.63. The summed E-state index contributed by atoms with van der Waals surface area (Å²) in [6.07, 6.45) is 1.72. The maximum atomic E-state index is 14.0. The molecule has 1 amide bonds. The number of carbonyl (C=O) groups excluding carboxylic acids is 1. The number of benzene rings is 2. The normalized spacial score (nSPS) is 31.5. The fraction of sp³-hybridized carbons (Fsp3) is 0.433. The molecule has 2 N–H and O–H groups in total. The zero-order valence-corrected chi connectivity index (χ0v) is 21.4. The van der Waals surface area contributed by atoms with E-state index in [1.54, 1.807) is 12.1 Å². The van der Waals surface area contributed by atoms with E-state index in [1.807, 2.05) is 12.1 Å². The third kappa shape index (κ3) is 3.52. The van der Waals surface area contributed by atoms with Gasteiger partial charge in [0.1, 0.15) is 17.6 Å². The Morgan fingerprint density at radius 2 is 2.00 bits per heavy atom. The molecule has 0 aromatic heterocycles. The molecule has 2 aliphatic carbocycles. The van der Waals surface area contributed by atoms with Crippen molar-refractivity contribution in [3.8, 4) is 5.75 Å². The van der Waals surface area contributed by atoms with Crippen LogP contribution in [0.25, 0.3) is 5.76 Å². The van der Waals surface area contributed by atoms with Crippen LogP contribution in [0.5, 0.6) is 5.75 Å². The number of nitrogens with one attached hydrogen (secondary N) is 1. The summed E-state index contributed by atoms with van der Waals surface area (Å²) >= 11 is 0. The van der Waals surface area contributed by atoms with Gasteiger partial charge in [-0.25, -0.2) is 0 Å². The number of hydrogen-bond acceptors (Lipinski definition) is 3. The lowest BCUT2D eigenvalue weighted by molar-refractivity contribution is -0.940. The van der Waals surface area contributed by atoms with Crippen molar-refractivity contribution in [2.75, 3.05) is 25.5 Å². The van der Waals surface area contributed by atoms with Crippen molar-refractivity contribution in [3.63, 3.8) is 0 Å². The van der Waals surface area contributed by atoms with E-state index in [2.05, 4.69) is 18.9 Å². The zero-order chi connectivity index (χ0) is 26.9. The average molecular weight is 526 g/mol. The zero-order valence-electron chi connectivity index (χ0n) is 21.4. The monoisotopic (exact) mass is 525 g/mol. The Bertz CT molecular complexity index is 1340. The fourth-order valence-corrected chi connectivity index (χ4v) is 7.91. The van der Waals surface area contributed by atoms with Gasteiger partial charge in [0.05, 0.1) is 37.3 Å². The molecule has 2 aromatic carbocycles. The average Bonchev–Trinajstić information content (AvgIpc) is 3.22. The molecule has 8 heteroatoms. The molecule has 2 aromatic rings. The van der Waals surface area contributed by atoms with Crippen molar-refractivity contribution in [2.45, 2.75) is 55.8 Å². The van der Waals surface area contributed by atoms with Crippen molar-refractivity contribution in [2.24, 2.45) is 5.92 Å². The van der Waals surface area contributed by atoms with Gasteiger partial charge in [-0.3, -0.25) is 4.79 Å². The number of alkyl halides is 3. The van der Waals surface area contributed by atoms with Crippen LogP contribution in [0.1, 0.15) is 42.4 Å². The molecule has 2 heterocycles. The van der Waals surface area contributed by atoms with Gasteiger partial charge in [-0.2, -0.15) is 13.2 Å². The molecule has 4 aliphatic rings. The molecule has 38 heavy (non-hydrogen) atoms. The van der Waals surface area contributed by atoms with Gasteiger partial charge in [-0.05, 0) is 37.0 Å². The van der Waals surface area contributed by atoms with E-state index in [0.717, 1.165) is 60.8 Å². The van der Waals surface area contributed by atoms with E-state index < -0.39 is 23.4 Å². The van der Waals surface area contributed by atoms with Crippen LogP contribution >= 0.6 is 0 Å². The molecule has 2 fully saturated rings. The number of hydrogen-bond donors (Lipinski definition) is 2. The van der Waals surface area contributed by atoms with E-state index >= 15 is 0 Å². The standard InChI is InChI=1S/C30H31F3N2O3/c1-3-15-35(2)16-14-29-20-10-7-11-23(29)38-27-21(13-12-19(24(27)29)17-22(20)35)34-28(37)25(30(31,32)33)26(36)18-8-5-4-6-9-18/h3-6,8-9,12-13,20,22-23H,1,7,10-11,14-17H2,2H3,(H-,34,36,37)/p+1/t20-,22+,23-,29+,35?/m0/s1. The van der Waals surface area contributed by atoms with Gasteiger partial charge >= 0.3 is 6.18 Å². The Kier molecular flexibility index (Phi) is 5.69. The largest absolute Gasteiger partial charge is 0.506 e. The number of likely N-dealkylation sites (tertiary alicyclic amines) is 1. The Hall–Kier alpha value is -3.26. The highest BCUT2D eigenvalue weighted by Crippen LogP contribution is 2.64. The lowest BCUT2D eigenvalue weighted by Crippen LogP contribution is -2.70. The number of piperidine rings is 1. The van der Waals surface area contributed by atoms with Crippen molar-refractivity contribution >= 4 is 17.4 Å². The van der Waals surface area contributed by atoms with Gasteiger partial charge in [0, 0.05) is 29.9 Å². The Balaban J connectivity index is 1.42. The molecule has 1 saturated carbocycles. The third-order valence-electron chi connectivity index (χ3n) is 9.51. The summed E-state index contributed by atoms with van der Waals surface area (Å²) in [4.78, 5) is 13.1. The smallest absolute Gasteiger partial charge is 0.425 e. The van der Waals surface area contributed by atoms with Crippen LogP contribution in [-0.2, 0) is 16.6 Å². The first-order chi connectivity index (χ1) is 18.1. The fourth-order valence-electron chi connectivity index (χ4n) is 7.91. The first-order valence-electron chi connectivity index (χ1n) is 13.3. The third-order valence-corrected chi connectivity index (χ3v) is 9.51. The minimum absolute atomic E-state index is 0.0521. The van der Waals surface area contributed by atoms with Crippen molar-refractivity contribution in [3.05, 3.63) is 77.4 Å². The van der Waals surface area contributed by atoms with Gasteiger partial charge in [0.25, 0.3) is 5.91 Å². The highest BCUT2D eigenvalue weighted by Gasteiger charge is 2.66. The Labute approximate surface area is 220 Å².